The van der Waals surface area contributed by atoms with Gasteiger partial charge in [-0.05, 0) is 31.4 Å². The summed E-state index contributed by atoms with van der Waals surface area (Å²) >= 11 is 12.3. The predicted molar refractivity (Wildman–Crippen MR) is 122 cm³/mol. The van der Waals surface area contributed by atoms with Gasteiger partial charge in [0.05, 0.1) is 21.3 Å². The third kappa shape index (κ3) is 6.55. The first-order valence-corrected chi connectivity index (χ1v) is 11.4. The highest BCUT2D eigenvalue weighted by molar-refractivity contribution is 6.37. The second-order valence-corrected chi connectivity index (χ2v) is 8.42. The van der Waals surface area contributed by atoms with Crippen LogP contribution in [0.4, 0.5) is 19.0 Å². The number of rotatable bonds is 10. The molecule has 0 saturated heterocycles. The molecule has 1 aromatic heterocycles. The van der Waals surface area contributed by atoms with Crippen molar-refractivity contribution in [2.45, 2.75) is 58.5 Å². The number of nitrogens with two attached hydrogens (primary N) is 1. The number of hydrogen-bond acceptors (Lipinski definition) is 4. The normalized spacial score (nSPS) is 11.5. The summed E-state index contributed by atoms with van der Waals surface area (Å²) in [6.45, 7) is 5.36. The summed E-state index contributed by atoms with van der Waals surface area (Å²) in [5, 5.41) is 13.0. The lowest BCUT2D eigenvalue weighted by molar-refractivity contribution is -0.137. The summed E-state index contributed by atoms with van der Waals surface area (Å²) in [5.41, 5.74) is 5.12. The van der Waals surface area contributed by atoms with Gasteiger partial charge >= 0.3 is 6.18 Å². The molecule has 1 aromatic carbocycles. The summed E-state index contributed by atoms with van der Waals surface area (Å²) in [7, 11) is 0. The molecule has 6 nitrogen and oxygen atoms in total. The smallest absolute Gasteiger partial charge is 0.381 e. The van der Waals surface area contributed by atoms with Crippen LogP contribution in [0.2, 0.25) is 10.0 Å². The molecule has 2 rings (SSSR count). The van der Waals surface area contributed by atoms with Crippen molar-refractivity contribution in [3.05, 3.63) is 39.0 Å². The van der Waals surface area contributed by atoms with E-state index < -0.39 is 11.7 Å². The largest absolute Gasteiger partial charge is 0.416 e. The first kappa shape index (κ1) is 26.8. The van der Waals surface area contributed by atoms with Crippen LogP contribution in [-0.2, 0) is 17.4 Å². The molecule has 11 heteroatoms. The Kier molecular flexibility index (Phi) is 9.44. The van der Waals surface area contributed by atoms with Crippen LogP contribution in [0.3, 0.4) is 0 Å². The van der Waals surface area contributed by atoms with E-state index in [1.807, 2.05) is 19.9 Å². The van der Waals surface area contributed by atoms with Gasteiger partial charge in [-0.25, -0.2) is 4.68 Å². The van der Waals surface area contributed by atoms with Crippen molar-refractivity contribution in [2.24, 2.45) is 0 Å². The number of nitrogen functional groups attached to an aromatic ring is 1. The average Bonchev–Trinajstić information content (AvgIpc) is 3.05. The van der Waals surface area contributed by atoms with Gasteiger partial charge in [-0.1, -0.05) is 49.9 Å². The monoisotopic (exact) mass is 503 g/mol. The van der Waals surface area contributed by atoms with Gasteiger partial charge in [0, 0.05) is 19.5 Å². The molecular weight excluding hydrogens is 478 g/mol. The number of nitrogens with zero attached hydrogens (tertiary/aromatic N) is 4. The Bertz CT molecular complexity index is 999. The molecule has 0 unspecified atom stereocenters. The van der Waals surface area contributed by atoms with E-state index in [4.69, 9.17) is 28.9 Å². The lowest BCUT2D eigenvalue weighted by Crippen LogP contribution is -2.33. The summed E-state index contributed by atoms with van der Waals surface area (Å²) in [4.78, 5) is 14.7. The second-order valence-electron chi connectivity index (χ2n) is 7.60. The van der Waals surface area contributed by atoms with E-state index in [1.165, 1.54) is 0 Å². The number of anilines is 1. The molecule has 2 N–H and O–H groups in total. The third-order valence-electron chi connectivity index (χ3n) is 5.17. The minimum atomic E-state index is -4.64. The fourth-order valence-electron chi connectivity index (χ4n) is 3.38. The Labute approximate surface area is 201 Å². The molecule has 1 heterocycles. The molecule has 0 radical (unpaired) electrons. The van der Waals surface area contributed by atoms with Crippen molar-refractivity contribution in [1.82, 2.24) is 14.7 Å². The number of unbranched alkanes of at least 4 members (excludes halogenated alkanes) is 2. The summed E-state index contributed by atoms with van der Waals surface area (Å²) in [5.74, 6) is -0.211. The molecule has 1 amide bonds. The molecule has 0 spiro atoms. The number of nitriles is 1. The Hall–Kier alpha value is -2.44. The molecule has 0 aliphatic heterocycles. The SMILES string of the molecule is CCCCN(CCCC)C(=O)CCc1c(C#N)c(N)nn1-c1c(Cl)cc(C(F)(F)F)cc1Cl. The summed E-state index contributed by atoms with van der Waals surface area (Å²) in [6, 6.07) is 3.42. The van der Waals surface area contributed by atoms with Crippen LogP contribution in [0.15, 0.2) is 12.1 Å². The molecule has 2 aromatic rings. The van der Waals surface area contributed by atoms with E-state index in [1.54, 1.807) is 4.90 Å². The molecule has 180 valence electrons. The quantitative estimate of drug-likeness (QED) is 0.429. The standard InChI is InChI=1S/C22H26Cl2F3N5O/c1-3-5-9-31(10-6-4-2)19(33)8-7-18-15(13-28)21(29)30-32(18)20-16(23)11-14(12-17(20)24)22(25,26)27/h11-12H,3-10H2,1-2H3,(H2,29,30). The predicted octanol–water partition coefficient (Wildman–Crippen LogP) is 6.01. The van der Waals surface area contributed by atoms with Crippen LogP contribution in [-0.4, -0.2) is 33.7 Å². The number of carbonyl (C=O) groups is 1. The van der Waals surface area contributed by atoms with Crippen molar-refractivity contribution in [3.8, 4) is 11.8 Å². The number of aromatic nitrogens is 2. The Morgan fingerprint density at radius 1 is 1.18 bits per heavy atom. The van der Waals surface area contributed by atoms with Crippen LogP contribution < -0.4 is 5.73 Å². The number of amides is 1. The summed E-state index contributed by atoms with van der Waals surface area (Å²) in [6.07, 6.45) is -0.827. The van der Waals surface area contributed by atoms with Gasteiger partial charge in [0.1, 0.15) is 17.3 Å². The maximum atomic E-state index is 13.1. The van der Waals surface area contributed by atoms with Crippen LogP contribution in [0, 0.1) is 11.3 Å². The fourth-order valence-corrected chi connectivity index (χ4v) is 4.03. The van der Waals surface area contributed by atoms with E-state index in [2.05, 4.69) is 5.10 Å². The van der Waals surface area contributed by atoms with E-state index in [0.717, 1.165) is 42.5 Å². The lowest BCUT2D eigenvalue weighted by Gasteiger charge is -2.22. The average molecular weight is 504 g/mol. The highest BCUT2D eigenvalue weighted by Gasteiger charge is 2.33. The minimum Gasteiger partial charge on any atom is -0.381 e. The first-order chi connectivity index (χ1) is 15.5. The topological polar surface area (TPSA) is 87.9 Å². The van der Waals surface area contributed by atoms with Crippen LogP contribution in [0.1, 0.15) is 62.8 Å². The molecule has 0 bridgehead atoms. The summed E-state index contributed by atoms with van der Waals surface area (Å²) < 4.78 is 40.5. The van der Waals surface area contributed by atoms with Crippen LogP contribution in [0.25, 0.3) is 5.69 Å². The fraction of sp³-hybridized carbons (Fsp3) is 0.500. The van der Waals surface area contributed by atoms with E-state index in [9.17, 15) is 23.2 Å². The maximum Gasteiger partial charge on any atom is 0.416 e. The van der Waals surface area contributed by atoms with Crippen molar-refractivity contribution < 1.29 is 18.0 Å². The highest BCUT2D eigenvalue weighted by atomic mass is 35.5. The van der Waals surface area contributed by atoms with Gasteiger partial charge in [0.2, 0.25) is 5.91 Å². The van der Waals surface area contributed by atoms with Crippen molar-refractivity contribution in [2.75, 3.05) is 18.8 Å². The number of benzene rings is 1. The number of halogens is 5. The van der Waals surface area contributed by atoms with Gasteiger partial charge in [0.25, 0.3) is 0 Å². The molecule has 0 aliphatic carbocycles. The highest BCUT2D eigenvalue weighted by Crippen LogP contribution is 2.38. The third-order valence-corrected chi connectivity index (χ3v) is 5.74. The van der Waals surface area contributed by atoms with Gasteiger partial charge < -0.3 is 10.6 Å². The van der Waals surface area contributed by atoms with Gasteiger partial charge in [0.15, 0.2) is 5.82 Å². The Morgan fingerprint density at radius 3 is 2.18 bits per heavy atom. The van der Waals surface area contributed by atoms with Crippen molar-refractivity contribution in [1.29, 1.82) is 5.26 Å². The zero-order valence-corrected chi connectivity index (χ0v) is 20.0. The first-order valence-electron chi connectivity index (χ1n) is 10.7. The number of carbonyl (C=O) groups excluding carboxylic acids is 1. The zero-order valence-electron chi connectivity index (χ0n) is 18.5. The molecule has 0 atom stereocenters. The lowest BCUT2D eigenvalue weighted by atomic mass is 10.1. The maximum absolute atomic E-state index is 13.1. The minimum absolute atomic E-state index is 0.0310. The van der Waals surface area contributed by atoms with Crippen molar-refractivity contribution >= 4 is 34.9 Å². The molecule has 33 heavy (non-hydrogen) atoms. The van der Waals surface area contributed by atoms with Crippen LogP contribution in [0.5, 0.6) is 0 Å². The van der Waals surface area contributed by atoms with E-state index in [-0.39, 0.29) is 51.6 Å². The van der Waals surface area contributed by atoms with Crippen LogP contribution >= 0.6 is 23.2 Å². The molecule has 0 fully saturated rings. The Balaban J connectivity index is 2.41. The van der Waals surface area contributed by atoms with Gasteiger partial charge in [-0.3, -0.25) is 4.79 Å². The van der Waals surface area contributed by atoms with E-state index in [0.29, 0.717) is 13.1 Å². The number of hydrogen-bond donors (Lipinski definition) is 1. The molecule has 0 aliphatic rings. The van der Waals surface area contributed by atoms with Gasteiger partial charge in [-0.15, -0.1) is 5.10 Å². The molecular formula is C22H26Cl2F3N5O. The van der Waals surface area contributed by atoms with Crippen molar-refractivity contribution in [3.63, 3.8) is 0 Å². The second kappa shape index (κ2) is 11.6. The van der Waals surface area contributed by atoms with E-state index >= 15 is 0 Å². The van der Waals surface area contributed by atoms with Gasteiger partial charge in [-0.2, -0.15) is 18.4 Å². The molecule has 0 saturated carbocycles. The zero-order chi connectivity index (χ0) is 24.8. The number of alkyl halides is 3. The Morgan fingerprint density at radius 2 is 1.73 bits per heavy atom.